The lowest BCUT2D eigenvalue weighted by Gasteiger charge is -1.98. The molecule has 0 aliphatic carbocycles. The van der Waals surface area contributed by atoms with E-state index in [-0.39, 0.29) is 0 Å². The second-order valence-corrected chi connectivity index (χ2v) is 4.27. The molecule has 3 nitrogen and oxygen atoms in total. The van der Waals surface area contributed by atoms with E-state index in [4.69, 9.17) is 0 Å². The van der Waals surface area contributed by atoms with Crippen molar-refractivity contribution in [3.05, 3.63) is 47.7 Å². The SMILES string of the molecule is Cc1ccc2nc(-c3ncccc3C)[nH]c2c1. The first kappa shape index (κ1) is 10.0. The van der Waals surface area contributed by atoms with Crippen LogP contribution in [0.15, 0.2) is 36.5 Å². The highest BCUT2D eigenvalue weighted by Crippen LogP contribution is 2.21. The van der Waals surface area contributed by atoms with E-state index in [0.29, 0.717) is 0 Å². The molecule has 0 saturated carbocycles. The maximum Gasteiger partial charge on any atom is 0.157 e. The summed E-state index contributed by atoms with van der Waals surface area (Å²) in [4.78, 5) is 12.3. The molecular weight excluding hydrogens is 210 g/mol. The summed E-state index contributed by atoms with van der Waals surface area (Å²) in [7, 11) is 0. The highest BCUT2D eigenvalue weighted by Gasteiger charge is 2.08. The Hall–Kier alpha value is -2.16. The number of benzene rings is 1. The average Bonchev–Trinajstić information content (AvgIpc) is 2.72. The molecule has 2 aromatic heterocycles. The zero-order chi connectivity index (χ0) is 11.8. The first-order valence-corrected chi connectivity index (χ1v) is 5.62. The van der Waals surface area contributed by atoms with Crippen LogP contribution >= 0.6 is 0 Å². The summed E-state index contributed by atoms with van der Waals surface area (Å²) in [6, 6.07) is 10.2. The van der Waals surface area contributed by atoms with Gasteiger partial charge in [-0.1, -0.05) is 12.1 Å². The molecule has 2 heterocycles. The summed E-state index contributed by atoms with van der Waals surface area (Å²) in [5.74, 6) is 0.837. The Kier molecular flexibility index (Phi) is 2.18. The maximum absolute atomic E-state index is 4.57. The number of hydrogen-bond acceptors (Lipinski definition) is 2. The largest absolute Gasteiger partial charge is 0.337 e. The van der Waals surface area contributed by atoms with Gasteiger partial charge in [-0.3, -0.25) is 4.98 Å². The van der Waals surface area contributed by atoms with Gasteiger partial charge in [0.25, 0.3) is 0 Å². The second kappa shape index (κ2) is 3.70. The molecule has 0 radical (unpaired) electrons. The van der Waals surface area contributed by atoms with Crippen LogP contribution in [0.5, 0.6) is 0 Å². The maximum atomic E-state index is 4.57. The van der Waals surface area contributed by atoms with Gasteiger partial charge in [0.1, 0.15) is 5.69 Å². The summed E-state index contributed by atoms with van der Waals surface area (Å²) in [6.07, 6.45) is 1.79. The van der Waals surface area contributed by atoms with E-state index in [1.165, 1.54) is 5.56 Å². The fourth-order valence-corrected chi connectivity index (χ4v) is 1.97. The molecule has 84 valence electrons. The van der Waals surface area contributed by atoms with Gasteiger partial charge in [-0.25, -0.2) is 4.98 Å². The third-order valence-corrected chi connectivity index (χ3v) is 2.87. The molecule has 3 aromatic rings. The van der Waals surface area contributed by atoms with Crippen LogP contribution in [0.3, 0.4) is 0 Å². The van der Waals surface area contributed by atoms with Gasteiger partial charge in [-0.15, -0.1) is 0 Å². The average molecular weight is 223 g/mol. The van der Waals surface area contributed by atoms with Gasteiger partial charge in [0.05, 0.1) is 11.0 Å². The number of hydrogen-bond donors (Lipinski definition) is 1. The number of aryl methyl sites for hydroxylation is 2. The van der Waals surface area contributed by atoms with Crippen molar-refractivity contribution in [2.45, 2.75) is 13.8 Å². The van der Waals surface area contributed by atoms with Crippen LogP contribution in [-0.2, 0) is 0 Å². The van der Waals surface area contributed by atoms with E-state index in [9.17, 15) is 0 Å². The number of rotatable bonds is 1. The molecule has 0 aliphatic rings. The highest BCUT2D eigenvalue weighted by molar-refractivity contribution is 5.79. The van der Waals surface area contributed by atoms with Crippen molar-refractivity contribution >= 4 is 11.0 Å². The Labute approximate surface area is 99.5 Å². The van der Waals surface area contributed by atoms with Crippen LogP contribution in [0, 0.1) is 13.8 Å². The Balaban J connectivity index is 2.22. The first-order chi connectivity index (χ1) is 8.24. The molecule has 1 N–H and O–H groups in total. The summed E-state index contributed by atoms with van der Waals surface area (Å²) in [6.45, 7) is 4.12. The number of aromatic amines is 1. The summed E-state index contributed by atoms with van der Waals surface area (Å²) in [5.41, 5.74) is 5.32. The molecule has 3 rings (SSSR count). The molecular formula is C14H13N3. The number of aromatic nitrogens is 3. The van der Waals surface area contributed by atoms with Gasteiger partial charge < -0.3 is 4.98 Å². The minimum absolute atomic E-state index is 0.837. The van der Waals surface area contributed by atoms with E-state index in [0.717, 1.165) is 28.1 Å². The molecule has 0 atom stereocenters. The number of pyridine rings is 1. The second-order valence-electron chi connectivity index (χ2n) is 4.27. The van der Waals surface area contributed by atoms with E-state index in [1.54, 1.807) is 6.20 Å². The number of fused-ring (bicyclic) bond motifs is 1. The fourth-order valence-electron chi connectivity index (χ4n) is 1.97. The smallest absolute Gasteiger partial charge is 0.157 e. The molecule has 0 bridgehead atoms. The Morgan fingerprint density at radius 1 is 1.12 bits per heavy atom. The molecule has 0 fully saturated rings. The summed E-state index contributed by atoms with van der Waals surface area (Å²) < 4.78 is 0. The van der Waals surface area contributed by atoms with Gasteiger partial charge >= 0.3 is 0 Å². The van der Waals surface area contributed by atoms with Crippen LogP contribution in [0.1, 0.15) is 11.1 Å². The van der Waals surface area contributed by atoms with Gasteiger partial charge in [0.2, 0.25) is 0 Å². The normalized spacial score (nSPS) is 10.9. The third kappa shape index (κ3) is 1.69. The van der Waals surface area contributed by atoms with Gasteiger partial charge in [0, 0.05) is 6.20 Å². The van der Waals surface area contributed by atoms with Crippen molar-refractivity contribution in [1.82, 2.24) is 15.0 Å². The van der Waals surface area contributed by atoms with Crippen molar-refractivity contribution in [2.24, 2.45) is 0 Å². The Bertz CT molecular complexity index is 683. The minimum atomic E-state index is 0.837. The topological polar surface area (TPSA) is 41.6 Å². The van der Waals surface area contributed by atoms with Crippen molar-refractivity contribution in [2.75, 3.05) is 0 Å². The number of H-pyrrole nitrogens is 1. The van der Waals surface area contributed by atoms with E-state index >= 15 is 0 Å². The Morgan fingerprint density at radius 2 is 2.00 bits per heavy atom. The van der Waals surface area contributed by atoms with E-state index in [1.807, 2.05) is 25.1 Å². The fraction of sp³-hybridized carbons (Fsp3) is 0.143. The first-order valence-electron chi connectivity index (χ1n) is 5.62. The standard InChI is InChI=1S/C14H13N3/c1-9-5-6-11-12(8-9)17-14(16-11)13-10(2)4-3-7-15-13/h3-8H,1-2H3,(H,16,17). The zero-order valence-corrected chi connectivity index (χ0v) is 9.86. The minimum Gasteiger partial charge on any atom is -0.337 e. The lowest BCUT2D eigenvalue weighted by atomic mass is 10.2. The molecule has 0 amide bonds. The van der Waals surface area contributed by atoms with Crippen molar-refractivity contribution in [3.8, 4) is 11.5 Å². The zero-order valence-electron chi connectivity index (χ0n) is 9.86. The van der Waals surface area contributed by atoms with Crippen LogP contribution < -0.4 is 0 Å². The van der Waals surface area contributed by atoms with Gasteiger partial charge in [0.15, 0.2) is 5.82 Å². The predicted molar refractivity (Wildman–Crippen MR) is 68.8 cm³/mol. The predicted octanol–water partition coefficient (Wildman–Crippen LogP) is 3.24. The monoisotopic (exact) mass is 223 g/mol. The van der Waals surface area contributed by atoms with E-state index < -0.39 is 0 Å². The van der Waals surface area contributed by atoms with Crippen LogP contribution in [0.2, 0.25) is 0 Å². The molecule has 0 unspecified atom stereocenters. The molecule has 3 heteroatoms. The number of nitrogens with one attached hydrogen (secondary N) is 1. The van der Waals surface area contributed by atoms with Crippen molar-refractivity contribution in [3.63, 3.8) is 0 Å². The number of imidazole rings is 1. The van der Waals surface area contributed by atoms with Gasteiger partial charge in [-0.05, 0) is 43.2 Å². The Morgan fingerprint density at radius 3 is 2.82 bits per heavy atom. The quantitative estimate of drug-likeness (QED) is 0.688. The lowest BCUT2D eigenvalue weighted by molar-refractivity contribution is 1.20. The molecule has 17 heavy (non-hydrogen) atoms. The molecule has 1 aromatic carbocycles. The summed E-state index contributed by atoms with van der Waals surface area (Å²) in [5, 5.41) is 0. The van der Waals surface area contributed by atoms with Crippen LogP contribution in [-0.4, -0.2) is 15.0 Å². The molecule has 0 spiro atoms. The van der Waals surface area contributed by atoms with Crippen molar-refractivity contribution < 1.29 is 0 Å². The number of nitrogens with zero attached hydrogens (tertiary/aromatic N) is 2. The van der Waals surface area contributed by atoms with Gasteiger partial charge in [-0.2, -0.15) is 0 Å². The van der Waals surface area contributed by atoms with Crippen LogP contribution in [0.4, 0.5) is 0 Å². The third-order valence-electron chi connectivity index (χ3n) is 2.87. The highest BCUT2D eigenvalue weighted by atomic mass is 14.9. The molecule has 0 saturated heterocycles. The molecule has 0 aliphatic heterocycles. The summed E-state index contributed by atoms with van der Waals surface area (Å²) >= 11 is 0. The van der Waals surface area contributed by atoms with Crippen molar-refractivity contribution in [1.29, 1.82) is 0 Å². The lowest BCUT2D eigenvalue weighted by Crippen LogP contribution is -1.88. The van der Waals surface area contributed by atoms with Crippen LogP contribution in [0.25, 0.3) is 22.6 Å². The van der Waals surface area contributed by atoms with E-state index in [2.05, 4.69) is 34.0 Å².